The molecule has 0 bridgehead atoms. The standard InChI is InChI=1S/C27H27N5O6/c1-18-22(17-28-31(18)20-7-3-2-4-8-20)25(33)23-24(19-6-5-9-21(16-19)32(36)37)30(27(35)26(23)34)11-10-29-12-14-38-15-13-29/h2-9,16-17,24,33H,10-15H2,1H3/t24-/m0/s1. The second-order valence-electron chi connectivity index (χ2n) is 9.19. The lowest BCUT2D eigenvalue weighted by Gasteiger charge is -2.30. The Morgan fingerprint density at radius 3 is 2.55 bits per heavy atom. The van der Waals surface area contributed by atoms with Crippen LogP contribution in [0.2, 0.25) is 0 Å². The van der Waals surface area contributed by atoms with E-state index >= 15 is 0 Å². The van der Waals surface area contributed by atoms with E-state index in [2.05, 4.69) is 10.00 Å². The average Bonchev–Trinajstić information content (AvgIpc) is 3.45. The van der Waals surface area contributed by atoms with Gasteiger partial charge in [-0.25, -0.2) is 4.68 Å². The number of morpholine rings is 1. The highest BCUT2D eigenvalue weighted by Gasteiger charge is 2.46. The van der Waals surface area contributed by atoms with E-state index in [9.17, 15) is 24.8 Å². The van der Waals surface area contributed by atoms with E-state index in [-0.39, 0.29) is 23.6 Å². The van der Waals surface area contributed by atoms with Gasteiger partial charge in [-0.15, -0.1) is 0 Å². The van der Waals surface area contributed by atoms with Crippen LogP contribution in [0.5, 0.6) is 0 Å². The molecular formula is C27H27N5O6. The zero-order chi connectivity index (χ0) is 26.8. The molecule has 0 spiro atoms. The highest BCUT2D eigenvalue weighted by molar-refractivity contribution is 6.46. The van der Waals surface area contributed by atoms with Gasteiger partial charge in [0.1, 0.15) is 5.76 Å². The molecule has 0 saturated carbocycles. The summed E-state index contributed by atoms with van der Waals surface area (Å²) in [6.45, 7) is 5.01. The van der Waals surface area contributed by atoms with E-state index in [0.717, 1.165) is 5.69 Å². The van der Waals surface area contributed by atoms with Crippen molar-refractivity contribution in [2.24, 2.45) is 0 Å². The summed E-state index contributed by atoms with van der Waals surface area (Å²) < 4.78 is 7.02. The molecule has 1 amide bonds. The molecule has 2 fully saturated rings. The van der Waals surface area contributed by atoms with Crippen LogP contribution < -0.4 is 0 Å². The number of hydrogen-bond donors (Lipinski definition) is 1. The third-order valence-corrected chi connectivity index (χ3v) is 6.96. The van der Waals surface area contributed by atoms with Gasteiger partial charge in [-0.05, 0) is 24.6 Å². The van der Waals surface area contributed by atoms with E-state index in [1.807, 2.05) is 30.3 Å². The molecule has 2 saturated heterocycles. The molecule has 196 valence electrons. The highest BCUT2D eigenvalue weighted by Crippen LogP contribution is 2.40. The summed E-state index contributed by atoms with van der Waals surface area (Å²) in [6.07, 6.45) is 1.45. The topological polar surface area (TPSA) is 131 Å². The Morgan fingerprint density at radius 2 is 1.84 bits per heavy atom. The molecule has 3 heterocycles. The fourth-order valence-electron chi connectivity index (χ4n) is 4.96. The molecule has 1 N–H and O–H groups in total. The van der Waals surface area contributed by atoms with Crippen LogP contribution >= 0.6 is 0 Å². The number of ether oxygens (including phenoxy) is 1. The minimum Gasteiger partial charge on any atom is -0.507 e. The van der Waals surface area contributed by atoms with Crippen molar-refractivity contribution in [2.45, 2.75) is 13.0 Å². The second kappa shape index (κ2) is 10.6. The first-order chi connectivity index (χ1) is 18.4. The molecule has 1 atom stereocenters. The Hall–Kier alpha value is -4.35. The summed E-state index contributed by atoms with van der Waals surface area (Å²) in [5.41, 5.74) is 1.73. The van der Waals surface area contributed by atoms with Gasteiger partial charge in [0.05, 0.1) is 52.9 Å². The normalized spacial score (nSPS) is 19.7. The van der Waals surface area contributed by atoms with Gasteiger partial charge in [-0.1, -0.05) is 30.3 Å². The van der Waals surface area contributed by atoms with E-state index in [4.69, 9.17) is 4.74 Å². The minimum atomic E-state index is -0.990. The number of Topliss-reactive ketones (excluding diaryl/α,β-unsaturated/α-hetero) is 1. The quantitative estimate of drug-likeness (QED) is 0.166. The molecule has 0 unspecified atom stereocenters. The van der Waals surface area contributed by atoms with Crippen molar-refractivity contribution in [3.05, 3.63) is 93.3 Å². The number of benzene rings is 2. The van der Waals surface area contributed by atoms with Crippen LogP contribution in [0.1, 0.15) is 22.9 Å². The fourth-order valence-corrected chi connectivity index (χ4v) is 4.96. The number of nitro groups is 1. The number of carbonyl (C=O) groups is 2. The first kappa shape index (κ1) is 25.3. The van der Waals surface area contributed by atoms with E-state index in [0.29, 0.717) is 49.7 Å². The van der Waals surface area contributed by atoms with Crippen LogP contribution in [0.25, 0.3) is 11.4 Å². The Morgan fingerprint density at radius 1 is 1.11 bits per heavy atom. The van der Waals surface area contributed by atoms with Crippen LogP contribution in [0.15, 0.2) is 66.4 Å². The number of para-hydroxylation sites is 1. The number of aromatic nitrogens is 2. The predicted molar refractivity (Wildman–Crippen MR) is 138 cm³/mol. The number of aliphatic hydroxyl groups excluding tert-OH is 1. The summed E-state index contributed by atoms with van der Waals surface area (Å²) in [6, 6.07) is 14.1. The smallest absolute Gasteiger partial charge is 0.295 e. The van der Waals surface area contributed by atoms with Crippen LogP contribution in [0.4, 0.5) is 5.69 Å². The second-order valence-corrected chi connectivity index (χ2v) is 9.19. The lowest BCUT2D eigenvalue weighted by Crippen LogP contribution is -2.42. The average molecular weight is 518 g/mol. The Kier molecular flexibility index (Phi) is 7.03. The van der Waals surface area contributed by atoms with Crippen molar-refractivity contribution < 1.29 is 24.4 Å². The maximum Gasteiger partial charge on any atom is 0.295 e. The molecule has 11 nitrogen and oxygen atoms in total. The first-order valence-corrected chi connectivity index (χ1v) is 12.3. The molecule has 0 aliphatic carbocycles. The number of ketones is 1. The molecule has 2 aliphatic rings. The Labute approximate surface area is 218 Å². The summed E-state index contributed by atoms with van der Waals surface area (Å²) in [7, 11) is 0. The predicted octanol–water partition coefficient (Wildman–Crippen LogP) is 2.84. The number of carbonyl (C=O) groups excluding carboxylic acids is 2. The van der Waals surface area contributed by atoms with Crippen molar-refractivity contribution in [3.8, 4) is 5.69 Å². The zero-order valence-corrected chi connectivity index (χ0v) is 20.8. The zero-order valence-electron chi connectivity index (χ0n) is 20.8. The maximum atomic E-state index is 13.4. The Bertz CT molecular complexity index is 1410. The number of rotatable bonds is 7. The van der Waals surface area contributed by atoms with Gasteiger partial charge in [0.15, 0.2) is 0 Å². The van der Waals surface area contributed by atoms with E-state index in [1.54, 1.807) is 17.7 Å². The summed E-state index contributed by atoms with van der Waals surface area (Å²) in [5, 5.41) is 27.3. The molecule has 3 aromatic rings. The van der Waals surface area contributed by atoms with Crippen LogP contribution in [-0.2, 0) is 14.3 Å². The van der Waals surface area contributed by atoms with Gasteiger partial charge in [-0.2, -0.15) is 5.10 Å². The summed E-state index contributed by atoms with van der Waals surface area (Å²) in [5.74, 6) is -1.97. The first-order valence-electron chi connectivity index (χ1n) is 12.3. The van der Waals surface area contributed by atoms with Gasteiger partial charge in [0.25, 0.3) is 17.4 Å². The minimum absolute atomic E-state index is 0.117. The van der Waals surface area contributed by atoms with Gasteiger partial charge in [0.2, 0.25) is 0 Å². The summed E-state index contributed by atoms with van der Waals surface area (Å²) in [4.78, 5) is 41.1. The number of nitro benzene ring substituents is 1. The lowest BCUT2D eigenvalue weighted by molar-refractivity contribution is -0.384. The van der Waals surface area contributed by atoms with Crippen LogP contribution in [-0.4, -0.2) is 80.7 Å². The third-order valence-electron chi connectivity index (χ3n) is 6.96. The third kappa shape index (κ3) is 4.69. The van der Waals surface area contributed by atoms with Crippen molar-refractivity contribution in [2.75, 3.05) is 39.4 Å². The van der Waals surface area contributed by atoms with Crippen molar-refractivity contribution in [3.63, 3.8) is 0 Å². The van der Waals surface area contributed by atoms with Gasteiger partial charge < -0.3 is 14.7 Å². The SMILES string of the molecule is Cc1c(C(O)=C2C(=O)C(=O)N(CCN3CCOCC3)[C@H]2c2cccc([N+](=O)[O-])c2)cnn1-c1ccccc1. The van der Waals surface area contributed by atoms with E-state index < -0.39 is 22.7 Å². The van der Waals surface area contributed by atoms with Crippen LogP contribution in [0, 0.1) is 17.0 Å². The van der Waals surface area contributed by atoms with Gasteiger partial charge in [0, 0.05) is 38.3 Å². The van der Waals surface area contributed by atoms with Crippen molar-refractivity contribution in [1.29, 1.82) is 0 Å². The summed E-state index contributed by atoms with van der Waals surface area (Å²) >= 11 is 0. The number of nitrogens with zero attached hydrogens (tertiary/aromatic N) is 5. The number of non-ortho nitro benzene ring substituents is 1. The molecule has 1 aromatic heterocycles. The largest absolute Gasteiger partial charge is 0.507 e. The molecule has 38 heavy (non-hydrogen) atoms. The fraction of sp³-hybridized carbons (Fsp3) is 0.296. The molecule has 2 aromatic carbocycles. The monoisotopic (exact) mass is 517 g/mol. The van der Waals surface area contributed by atoms with E-state index in [1.165, 1.54) is 29.3 Å². The van der Waals surface area contributed by atoms with Gasteiger partial charge in [-0.3, -0.25) is 24.6 Å². The molecule has 0 radical (unpaired) electrons. The molecule has 5 rings (SSSR count). The number of likely N-dealkylation sites (tertiary alicyclic amines) is 1. The number of amides is 1. The number of hydrogen-bond acceptors (Lipinski definition) is 8. The lowest BCUT2D eigenvalue weighted by atomic mass is 9.95. The molecule has 2 aliphatic heterocycles. The van der Waals surface area contributed by atoms with Crippen molar-refractivity contribution in [1.82, 2.24) is 19.6 Å². The van der Waals surface area contributed by atoms with Crippen molar-refractivity contribution >= 4 is 23.1 Å². The van der Waals surface area contributed by atoms with Crippen LogP contribution in [0.3, 0.4) is 0 Å². The number of aliphatic hydroxyl groups is 1. The molecular weight excluding hydrogens is 490 g/mol. The van der Waals surface area contributed by atoms with Gasteiger partial charge >= 0.3 is 0 Å². The maximum absolute atomic E-state index is 13.4. The highest BCUT2D eigenvalue weighted by atomic mass is 16.6. The molecule has 11 heteroatoms. The Balaban J connectivity index is 1.58.